The summed E-state index contributed by atoms with van der Waals surface area (Å²) in [4.78, 5) is 30.9. The molecule has 7 heteroatoms. The molecule has 6 nitrogen and oxygen atoms in total. The first-order chi connectivity index (χ1) is 15.0. The minimum Gasteiger partial charge on any atom is -0.467 e. The Labute approximate surface area is 183 Å². The van der Waals surface area contributed by atoms with Crippen molar-refractivity contribution in [3.8, 4) is 0 Å². The van der Waals surface area contributed by atoms with Crippen LogP contribution in [0.2, 0.25) is 0 Å². The lowest BCUT2D eigenvalue weighted by Crippen LogP contribution is -2.24. The van der Waals surface area contributed by atoms with Crippen LogP contribution >= 0.6 is 11.8 Å². The van der Waals surface area contributed by atoms with Crippen molar-refractivity contribution in [1.82, 2.24) is 14.1 Å². The number of aryl methyl sites for hydroxylation is 1. The van der Waals surface area contributed by atoms with Crippen LogP contribution in [0.5, 0.6) is 0 Å². The van der Waals surface area contributed by atoms with Gasteiger partial charge in [0.1, 0.15) is 5.76 Å². The maximum Gasteiger partial charge on any atom is 0.262 e. The zero-order chi connectivity index (χ0) is 21.5. The molecule has 0 spiro atoms. The topological polar surface area (TPSA) is 70.0 Å². The van der Waals surface area contributed by atoms with E-state index in [4.69, 9.17) is 9.40 Å². The van der Waals surface area contributed by atoms with Crippen LogP contribution in [0.4, 0.5) is 0 Å². The second-order valence-corrected chi connectivity index (χ2v) is 8.92. The fourth-order valence-corrected chi connectivity index (χ4v) is 5.00. The van der Waals surface area contributed by atoms with Gasteiger partial charge >= 0.3 is 0 Å². The highest BCUT2D eigenvalue weighted by molar-refractivity contribution is 7.99. The van der Waals surface area contributed by atoms with Gasteiger partial charge in [-0.05, 0) is 57.0 Å². The number of rotatable bonds is 7. The molecule has 1 fully saturated rings. The Balaban J connectivity index is 1.46. The van der Waals surface area contributed by atoms with Crippen LogP contribution in [0.15, 0.2) is 63.1 Å². The summed E-state index contributed by atoms with van der Waals surface area (Å²) in [5.41, 5.74) is 3.42. The first-order valence-electron chi connectivity index (χ1n) is 10.4. The number of furan rings is 1. The molecule has 4 aromatic rings. The van der Waals surface area contributed by atoms with Crippen molar-refractivity contribution < 1.29 is 9.21 Å². The van der Waals surface area contributed by atoms with E-state index in [-0.39, 0.29) is 23.6 Å². The molecule has 5 rings (SSSR count). The molecule has 3 aromatic heterocycles. The van der Waals surface area contributed by atoms with Gasteiger partial charge in [0.05, 0.1) is 29.5 Å². The van der Waals surface area contributed by atoms with Crippen molar-refractivity contribution in [3.05, 3.63) is 81.8 Å². The van der Waals surface area contributed by atoms with Gasteiger partial charge in [-0.25, -0.2) is 4.98 Å². The molecular weight excluding hydrogens is 410 g/mol. The average molecular weight is 434 g/mol. The quantitative estimate of drug-likeness (QED) is 0.239. The molecule has 0 atom stereocenters. The van der Waals surface area contributed by atoms with Crippen LogP contribution in [0.1, 0.15) is 46.4 Å². The van der Waals surface area contributed by atoms with E-state index < -0.39 is 0 Å². The molecule has 0 bridgehead atoms. The Morgan fingerprint density at radius 1 is 1.19 bits per heavy atom. The third-order valence-corrected chi connectivity index (χ3v) is 6.73. The number of benzene rings is 1. The first-order valence-corrected chi connectivity index (χ1v) is 11.4. The number of hydrogen-bond acceptors (Lipinski definition) is 5. The fraction of sp³-hybridized carbons (Fsp3) is 0.292. The van der Waals surface area contributed by atoms with E-state index in [1.165, 1.54) is 24.6 Å². The van der Waals surface area contributed by atoms with Crippen LogP contribution < -0.4 is 5.56 Å². The number of carbonyl (C=O) groups is 1. The summed E-state index contributed by atoms with van der Waals surface area (Å²) < 4.78 is 9.31. The van der Waals surface area contributed by atoms with Crippen LogP contribution in [0.3, 0.4) is 0 Å². The number of thioether (sulfide) groups is 1. The van der Waals surface area contributed by atoms with Crippen LogP contribution in [0.25, 0.3) is 10.9 Å². The highest BCUT2D eigenvalue weighted by atomic mass is 32.2. The number of hydrogen-bond donors (Lipinski definition) is 0. The molecule has 1 aliphatic carbocycles. The summed E-state index contributed by atoms with van der Waals surface area (Å²) in [6, 6.07) is 13.4. The number of carbonyl (C=O) groups excluding carboxylic acids is 1. The Morgan fingerprint density at radius 3 is 2.74 bits per heavy atom. The smallest absolute Gasteiger partial charge is 0.262 e. The van der Waals surface area contributed by atoms with Crippen LogP contribution in [0, 0.1) is 13.8 Å². The van der Waals surface area contributed by atoms with Crippen molar-refractivity contribution in [2.75, 3.05) is 5.75 Å². The molecule has 31 heavy (non-hydrogen) atoms. The van der Waals surface area contributed by atoms with Crippen molar-refractivity contribution in [3.63, 3.8) is 0 Å². The SMILES string of the molecule is Cc1cc(C(=O)CSc2nc3ccccc3c(=O)n2Cc2ccco2)c(C)n1C1CC1. The van der Waals surface area contributed by atoms with Gasteiger partial charge < -0.3 is 8.98 Å². The fourth-order valence-electron chi connectivity index (χ4n) is 4.12. The molecule has 0 unspecified atom stereocenters. The van der Waals surface area contributed by atoms with Gasteiger partial charge in [-0.2, -0.15) is 0 Å². The van der Waals surface area contributed by atoms with Gasteiger partial charge in [0.2, 0.25) is 0 Å². The summed E-state index contributed by atoms with van der Waals surface area (Å²) in [6.45, 7) is 4.35. The lowest BCUT2D eigenvalue weighted by molar-refractivity contribution is 0.102. The second kappa shape index (κ2) is 7.89. The molecule has 0 N–H and O–H groups in total. The zero-order valence-electron chi connectivity index (χ0n) is 17.5. The largest absolute Gasteiger partial charge is 0.467 e. The van der Waals surface area contributed by atoms with E-state index in [2.05, 4.69) is 11.5 Å². The van der Waals surface area contributed by atoms with E-state index in [1.54, 1.807) is 23.0 Å². The van der Waals surface area contributed by atoms with E-state index in [0.29, 0.717) is 27.9 Å². The summed E-state index contributed by atoms with van der Waals surface area (Å²) in [6.07, 6.45) is 3.94. The van der Waals surface area contributed by atoms with Gasteiger partial charge in [-0.15, -0.1) is 0 Å². The molecule has 158 valence electrons. The summed E-state index contributed by atoms with van der Waals surface area (Å²) in [5, 5.41) is 1.07. The number of para-hydroxylation sites is 1. The highest BCUT2D eigenvalue weighted by Crippen LogP contribution is 2.38. The van der Waals surface area contributed by atoms with Gasteiger partial charge in [-0.1, -0.05) is 23.9 Å². The van der Waals surface area contributed by atoms with Gasteiger partial charge in [-0.3, -0.25) is 14.2 Å². The van der Waals surface area contributed by atoms with Gasteiger partial charge in [0.15, 0.2) is 10.9 Å². The summed E-state index contributed by atoms with van der Waals surface area (Å²) in [7, 11) is 0. The third-order valence-electron chi connectivity index (χ3n) is 5.75. The monoisotopic (exact) mass is 433 g/mol. The summed E-state index contributed by atoms with van der Waals surface area (Å²) in [5.74, 6) is 0.940. The standard InChI is InChI=1S/C24H23N3O3S/c1-15-12-20(16(2)27(15)17-9-10-17)22(28)14-31-24-25-21-8-4-3-7-19(21)23(29)26(24)13-18-6-5-11-30-18/h3-8,11-12,17H,9-10,13-14H2,1-2H3. The molecule has 0 aliphatic heterocycles. The van der Waals surface area contributed by atoms with Crippen molar-refractivity contribution in [2.24, 2.45) is 0 Å². The Kier molecular flexibility index (Phi) is 5.06. The molecule has 0 amide bonds. The Bertz CT molecular complexity index is 1330. The van der Waals surface area contributed by atoms with Gasteiger partial charge in [0, 0.05) is 23.0 Å². The van der Waals surface area contributed by atoms with E-state index in [9.17, 15) is 9.59 Å². The number of ketones is 1. The van der Waals surface area contributed by atoms with Crippen LogP contribution in [-0.4, -0.2) is 25.7 Å². The van der Waals surface area contributed by atoms with E-state index in [0.717, 1.165) is 17.0 Å². The number of fused-ring (bicyclic) bond motifs is 1. The minimum absolute atomic E-state index is 0.0527. The van der Waals surface area contributed by atoms with Crippen molar-refractivity contribution >= 4 is 28.4 Å². The highest BCUT2D eigenvalue weighted by Gasteiger charge is 2.28. The normalized spacial score (nSPS) is 13.7. The predicted molar refractivity (Wildman–Crippen MR) is 121 cm³/mol. The molecule has 0 radical (unpaired) electrons. The number of aromatic nitrogens is 3. The first kappa shape index (κ1) is 19.9. The van der Waals surface area contributed by atoms with Crippen molar-refractivity contribution in [1.29, 1.82) is 0 Å². The molecule has 1 saturated carbocycles. The third kappa shape index (κ3) is 3.74. The lowest BCUT2D eigenvalue weighted by Gasteiger charge is -2.12. The summed E-state index contributed by atoms with van der Waals surface area (Å²) >= 11 is 1.30. The molecule has 1 aromatic carbocycles. The molecule has 3 heterocycles. The average Bonchev–Trinajstić information content (AvgIpc) is 3.36. The zero-order valence-corrected chi connectivity index (χ0v) is 18.3. The van der Waals surface area contributed by atoms with Gasteiger partial charge in [0.25, 0.3) is 5.56 Å². The maximum atomic E-state index is 13.2. The Morgan fingerprint density at radius 2 is 2.00 bits per heavy atom. The van der Waals surface area contributed by atoms with Crippen molar-refractivity contribution in [2.45, 2.75) is 44.4 Å². The second-order valence-electron chi connectivity index (χ2n) is 7.98. The molecule has 0 saturated heterocycles. The minimum atomic E-state index is -0.135. The molecular formula is C24H23N3O3S. The lowest BCUT2D eigenvalue weighted by atomic mass is 10.2. The number of Topliss-reactive ketones (excluding diaryl/α,β-unsaturated/α-hetero) is 1. The van der Waals surface area contributed by atoms with E-state index in [1.807, 2.05) is 37.3 Å². The van der Waals surface area contributed by atoms with Crippen LogP contribution in [-0.2, 0) is 6.54 Å². The predicted octanol–water partition coefficient (Wildman–Crippen LogP) is 4.77. The number of nitrogens with zero attached hydrogens (tertiary/aromatic N) is 3. The molecule has 1 aliphatic rings. The van der Waals surface area contributed by atoms with E-state index >= 15 is 0 Å². The maximum absolute atomic E-state index is 13.2. The Hall–Kier alpha value is -3.06.